The van der Waals surface area contributed by atoms with Gasteiger partial charge in [-0.1, -0.05) is 6.92 Å². The first-order valence-electron chi connectivity index (χ1n) is 6.69. The molecule has 1 saturated heterocycles. The molecule has 1 aliphatic heterocycles. The lowest BCUT2D eigenvalue weighted by Crippen LogP contribution is -2.43. The second-order valence-electron chi connectivity index (χ2n) is 4.77. The van der Waals surface area contributed by atoms with Crippen LogP contribution < -0.4 is 0 Å². The summed E-state index contributed by atoms with van der Waals surface area (Å²) < 4.78 is 15.9. The van der Waals surface area contributed by atoms with Gasteiger partial charge in [0, 0.05) is 13.1 Å². The van der Waals surface area contributed by atoms with Crippen molar-refractivity contribution in [2.24, 2.45) is 0 Å². The summed E-state index contributed by atoms with van der Waals surface area (Å²) in [6, 6.07) is 3.64. The van der Waals surface area contributed by atoms with Gasteiger partial charge >= 0.3 is 5.97 Å². The molecule has 106 valence electrons. The SMILES string of the molecule is CCC1CN(C(C)c2ccc(C(=O)OC)o2)CCO1. The number of rotatable bonds is 4. The molecular weight excluding hydrogens is 246 g/mol. The van der Waals surface area contributed by atoms with Crippen LogP contribution in [0.25, 0.3) is 0 Å². The zero-order valence-corrected chi connectivity index (χ0v) is 11.7. The van der Waals surface area contributed by atoms with Gasteiger partial charge in [-0.05, 0) is 25.5 Å². The summed E-state index contributed by atoms with van der Waals surface area (Å²) in [6.45, 7) is 6.73. The largest absolute Gasteiger partial charge is 0.463 e. The van der Waals surface area contributed by atoms with Crippen LogP contribution in [0.3, 0.4) is 0 Å². The Kier molecular flexibility index (Phi) is 4.61. The molecule has 0 N–H and O–H groups in total. The van der Waals surface area contributed by atoms with E-state index in [0.29, 0.717) is 0 Å². The fourth-order valence-electron chi connectivity index (χ4n) is 2.31. The molecule has 0 aliphatic carbocycles. The summed E-state index contributed by atoms with van der Waals surface area (Å²) in [5.41, 5.74) is 0. The Bertz CT molecular complexity index is 429. The highest BCUT2D eigenvalue weighted by molar-refractivity contribution is 5.86. The molecule has 2 heterocycles. The maximum atomic E-state index is 11.4. The monoisotopic (exact) mass is 267 g/mol. The summed E-state index contributed by atoms with van der Waals surface area (Å²) in [5, 5.41) is 0. The highest BCUT2D eigenvalue weighted by atomic mass is 16.5. The third-order valence-corrected chi connectivity index (χ3v) is 3.60. The Hall–Kier alpha value is -1.33. The summed E-state index contributed by atoms with van der Waals surface area (Å²) in [4.78, 5) is 13.7. The lowest BCUT2D eigenvalue weighted by Gasteiger charge is -2.35. The number of morpholine rings is 1. The maximum Gasteiger partial charge on any atom is 0.373 e. The summed E-state index contributed by atoms with van der Waals surface area (Å²) >= 11 is 0. The smallest absolute Gasteiger partial charge is 0.373 e. The molecule has 5 heteroatoms. The molecule has 5 nitrogen and oxygen atoms in total. The first-order chi connectivity index (χ1) is 9.15. The zero-order chi connectivity index (χ0) is 13.8. The maximum absolute atomic E-state index is 11.4. The number of hydrogen-bond donors (Lipinski definition) is 0. The fourth-order valence-corrected chi connectivity index (χ4v) is 2.31. The normalized spacial score (nSPS) is 22.2. The van der Waals surface area contributed by atoms with Crippen LogP contribution in [0.15, 0.2) is 16.5 Å². The standard InChI is InChI=1S/C14H21NO4/c1-4-11-9-15(7-8-18-11)10(2)12-5-6-13(19-12)14(16)17-3/h5-6,10-11H,4,7-9H2,1-3H3. The van der Waals surface area contributed by atoms with Crippen molar-refractivity contribution < 1.29 is 18.7 Å². The minimum absolute atomic E-state index is 0.136. The first-order valence-corrected chi connectivity index (χ1v) is 6.69. The highest BCUT2D eigenvalue weighted by Crippen LogP contribution is 2.25. The number of methoxy groups -OCH3 is 1. The highest BCUT2D eigenvalue weighted by Gasteiger charge is 2.26. The number of ether oxygens (including phenoxy) is 2. The summed E-state index contributed by atoms with van der Waals surface area (Å²) in [7, 11) is 1.35. The lowest BCUT2D eigenvalue weighted by atomic mass is 10.1. The Morgan fingerprint density at radius 2 is 2.37 bits per heavy atom. The van der Waals surface area contributed by atoms with E-state index in [4.69, 9.17) is 9.15 Å². The first kappa shape index (κ1) is 14.1. The average Bonchev–Trinajstić information content (AvgIpc) is 2.95. The molecule has 1 aromatic heterocycles. The predicted octanol–water partition coefficient (Wildman–Crippen LogP) is 2.24. The third kappa shape index (κ3) is 3.16. The van der Waals surface area contributed by atoms with Gasteiger partial charge in [0.15, 0.2) is 0 Å². The van der Waals surface area contributed by atoms with E-state index < -0.39 is 5.97 Å². The van der Waals surface area contributed by atoms with Gasteiger partial charge in [-0.25, -0.2) is 4.79 Å². The predicted molar refractivity (Wildman–Crippen MR) is 70.1 cm³/mol. The molecule has 1 fully saturated rings. The van der Waals surface area contributed by atoms with E-state index in [-0.39, 0.29) is 17.9 Å². The van der Waals surface area contributed by atoms with Crippen molar-refractivity contribution >= 4 is 5.97 Å². The summed E-state index contributed by atoms with van der Waals surface area (Å²) in [5.74, 6) is 0.605. The van der Waals surface area contributed by atoms with Gasteiger partial charge in [0.05, 0.1) is 25.9 Å². The van der Waals surface area contributed by atoms with E-state index in [1.165, 1.54) is 7.11 Å². The molecule has 1 aliphatic rings. The van der Waals surface area contributed by atoms with Gasteiger partial charge in [0.25, 0.3) is 0 Å². The Morgan fingerprint density at radius 3 is 3.05 bits per heavy atom. The minimum Gasteiger partial charge on any atom is -0.463 e. The third-order valence-electron chi connectivity index (χ3n) is 3.60. The second kappa shape index (κ2) is 6.21. The summed E-state index contributed by atoms with van der Waals surface area (Å²) in [6.07, 6.45) is 1.29. The molecular formula is C14H21NO4. The molecule has 19 heavy (non-hydrogen) atoms. The number of furan rings is 1. The van der Waals surface area contributed by atoms with Gasteiger partial charge in [-0.15, -0.1) is 0 Å². The number of hydrogen-bond acceptors (Lipinski definition) is 5. The number of carbonyl (C=O) groups excluding carboxylic acids is 1. The fraction of sp³-hybridized carbons (Fsp3) is 0.643. The van der Waals surface area contributed by atoms with Crippen molar-refractivity contribution in [3.63, 3.8) is 0 Å². The van der Waals surface area contributed by atoms with E-state index in [0.717, 1.165) is 31.9 Å². The molecule has 2 atom stereocenters. The van der Waals surface area contributed by atoms with E-state index in [2.05, 4.69) is 23.5 Å². The van der Waals surface area contributed by atoms with Crippen LogP contribution in [0.5, 0.6) is 0 Å². The quantitative estimate of drug-likeness (QED) is 0.783. The number of nitrogens with zero attached hydrogens (tertiary/aromatic N) is 1. The Labute approximate surface area is 113 Å². The van der Waals surface area contributed by atoms with Crippen molar-refractivity contribution in [2.45, 2.75) is 32.4 Å². The molecule has 1 aromatic rings. The van der Waals surface area contributed by atoms with E-state index in [9.17, 15) is 4.79 Å². The van der Waals surface area contributed by atoms with Crippen molar-refractivity contribution in [3.8, 4) is 0 Å². The van der Waals surface area contributed by atoms with Gasteiger partial charge in [-0.2, -0.15) is 0 Å². The lowest BCUT2D eigenvalue weighted by molar-refractivity contribution is -0.0451. The van der Waals surface area contributed by atoms with E-state index >= 15 is 0 Å². The van der Waals surface area contributed by atoms with Crippen LogP contribution in [0, 0.1) is 0 Å². The van der Waals surface area contributed by atoms with Crippen molar-refractivity contribution in [1.29, 1.82) is 0 Å². The molecule has 2 unspecified atom stereocenters. The minimum atomic E-state index is -0.438. The Balaban J connectivity index is 2.04. The van der Waals surface area contributed by atoms with Gasteiger partial charge in [-0.3, -0.25) is 4.90 Å². The van der Waals surface area contributed by atoms with Crippen LogP contribution in [0.2, 0.25) is 0 Å². The van der Waals surface area contributed by atoms with Crippen LogP contribution in [0.1, 0.15) is 42.6 Å². The topological polar surface area (TPSA) is 51.9 Å². The molecule has 2 rings (SSSR count). The van der Waals surface area contributed by atoms with Crippen molar-refractivity contribution in [1.82, 2.24) is 4.90 Å². The number of carbonyl (C=O) groups is 1. The number of esters is 1. The van der Waals surface area contributed by atoms with Gasteiger partial charge < -0.3 is 13.9 Å². The molecule has 0 radical (unpaired) electrons. The van der Waals surface area contributed by atoms with Crippen LogP contribution >= 0.6 is 0 Å². The van der Waals surface area contributed by atoms with Crippen molar-refractivity contribution in [2.75, 3.05) is 26.8 Å². The van der Waals surface area contributed by atoms with Gasteiger partial charge in [0.2, 0.25) is 5.76 Å². The molecule has 0 spiro atoms. The molecule has 0 saturated carbocycles. The Morgan fingerprint density at radius 1 is 1.58 bits per heavy atom. The van der Waals surface area contributed by atoms with E-state index in [1.54, 1.807) is 6.07 Å². The zero-order valence-electron chi connectivity index (χ0n) is 11.7. The molecule has 0 aromatic carbocycles. The van der Waals surface area contributed by atoms with Crippen LogP contribution in [0.4, 0.5) is 0 Å². The van der Waals surface area contributed by atoms with Crippen LogP contribution in [-0.4, -0.2) is 43.8 Å². The molecule has 0 amide bonds. The average molecular weight is 267 g/mol. The van der Waals surface area contributed by atoms with E-state index in [1.807, 2.05) is 6.07 Å². The molecule has 0 bridgehead atoms. The van der Waals surface area contributed by atoms with Crippen LogP contribution in [-0.2, 0) is 9.47 Å². The van der Waals surface area contributed by atoms with Crippen molar-refractivity contribution in [3.05, 3.63) is 23.7 Å². The second-order valence-corrected chi connectivity index (χ2v) is 4.77. The van der Waals surface area contributed by atoms with Gasteiger partial charge in [0.1, 0.15) is 5.76 Å².